The number of allylic oxidation sites excluding steroid dienone is 5. The molecule has 0 saturated carbocycles. The summed E-state index contributed by atoms with van der Waals surface area (Å²) in [6.07, 6.45) is 39.9. The molecule has 0 rings (SSSR count). The van der Waals surface area contributed by atoms with Crippen LogP contribution in [-0.2, 0) is 19.1 Å². The highest BCUT2D eigenvalue weighted by atomic mass is 16.5. The molecule has 6 heteroatoms. The van der Waals surface area contributed by atoms with E-state index in [-0.39, 0.29) is 24.5 Å². The first-order valence-electron chi connectivity index (χ1n) is 18.1. The van der Waals surface area contributed by atoms with Crippen molar-refractivity contribution in [1.82, 2.24) is 5.32 Å². The van der Waals surface area contributed by atoms with E-state index in [0.29, 0.717) is 12.8 Å². The Hall–Kier alpha value is -2.37. The lowest BCUT2D eigenvalue weighted by Crippen LogP contribution is -2.28. The number of carboxylic acid groups (broad SMARTS) is 1. The summed E-state index contributed by atoms with van der Waals surface area (Å²) < 4.78 is 5.86. The average molecular weight is 618 g/mol. The van der Waals surface area contributed by atoms with E-state index in [0.717, 1.165) is 70.6 Å². The Morgan fingerprint density at radius 3 is 1.73 bits per heavy atom. The molecular weight excluding hydrogens is 550 g/mol. The Labute approximate surface area is 270 Å². The molecule has 1 unspecified atom stereocenters. The molecule has 0 saturated heterocycles. The monoisotopic (exact) mass is 618 g/mol. The van der Waals surface area contributed by atoms with Crippen LogP contribution in [0.1, 0.15) is 174 Å². The van der Waals surface area contributed by atoms with Crippen molar-refractivity contribution in [1.29, 1.82) is 0 Å². The van der Waals surface area contributed by atoms with Crippen molar-refractivity contribution in [2.75, 3.05) is 6.54 Å². The molecule has 0 radical (unpaired) electrons. The largest absolute Gasteiger partial charge is 0.480 e. The molecule has 1 amide bonds. The van der Waals surface area contributed by atoms with Crippen LogP contribution in [0.25, 0.3) is 0 Å². The van der Waals surface area contributed by atoms with Gasteiger partial charge in [0, 0.05) is 12.8 Å². The predicted molar refractivity (Wildman–Crippen MR) is 185 cm³/mol. The third kappa shape index (κ3) is 32.5. The molecule has 254 valence electrons. The summed E-state index contributed by atoms with van der Waals surface area (Å²) in [6, 6.07) is 0. The Morgan fingerprint density at radius 1 is 0.614 bits per heavy atom. The van der Waals surface area contributed by atoms with Crippen molar-refractivity contribution in [3.05, 3.63) is 36.5 Å². The number of amides is 1. The third-order valence-electron chi connectivity index (χ3n) is 7.77. The van der Waals surface area contributed by atoms with Gasteiger partial charge in [0.2, 0.25) is 5.91 Å². The van der Waals surface area contributed by atoms with Gasteiger partial charge >= 0.3 is 11.9 Å². The molecule has 0 spiro atoms. The van der Waals surface area contributed by atoms with E-state index in [9.17, 15) is 14.4 Å². The van der Waals surface area contributed by atoms with Crippen LogP contribution >= 0.6 is 0 Å². The van der Waals surface area contributed by atoms with Crippen molar-refractivity contribution < 1.29 is 24.2 Å². The lowest BCUT2D eigenvalue weighted by atomic mass is 10.1. The summed E-state index contributed by atoms with van der Waals surface area (Å²) in [7, 11) is 0. The number of unbranched alkanes of at least 4 members (excludes halogenated alkanes) is 17. The molecule has 0 aliphatic heterocycles. The molecule has 0 aliphatic carbocycles. The van der Waals surface area contributed by atoms with Gasteiger partial charge < -0.3 is 15.2 Å². The molecule has 2 N–H and O–H groups in total. The molecule has 0 bridgehead atoms. The first-order chi connectivity index (χ1) is 21.5. The van der Waals surface area contributed by atoms with Crippen molar-refractivity contribution in [3.63, 3.8) is 0 Å². The third-order valence-corrected chi connectivity index (χ3v) is 7.77. The summed E-state index contributed by atoms with van der Waals surface area (Å²) in [6.45, 7) is 4.15. The highest BCUT2D eigenvalue weighted by molar-refractivity contribution is 5.80. The Bertz CT molecular complexity index is 773. The predicted octanol–water partition coefficient (Wildman–Crippen LogP) is 10.6. The lowest BCUT2D eigenvalue weighted by Gasteiger charge is -2.15. The fourth-order valence-electron chi connectivity index (χ4n) is 5.04. The van der Waals surface area contributed by atoms with E-state index in [1.807, 2.05) is 0 Å². The van der Waals surface area contributed by atoms with Crippen molar-refractivity contribution in [2.24, 2.45) is 0 Å². The number of carbonyl (C=O) groups excluding carboxylic acids is 2. The number of carbonyl (C=O) groups is 3. The zero-order chi connectivity index (χ0) is 32.4. The molecule has 0 heterocycles. The second-order valence-electron chi connectivity index (χ2n) is 12.1. The quantitative estimate of drug-likeness (QED) is 0.0445. The van der Waals surface area contributed by atoms with Gasteiger partial charge in [-0.05, 0) is 76.7 Å². The number of carboxylic acids is 1. The van der Waals surface area contributed by atoms with E-state index in [4.69, 9.17) is 9.84 Å². The number of hydrogen-bond donors (Lipinski definition) is 2. The second kappa shape index (κ2) is 33.5. The zero-order valence-electron chi connectivity index (χ0n) is 28.5. The first-order valence-corrected chi connectivity index (χ1v) is 18.1. The van der Waals surface area contributed by atoms with Crippen LogP contribution in [0.3, 0.4) is 0 Å². The highest BCUT2D eigenvalue weighted by Crippen LogP contribution is 2.15. The molecule has 44 heavy (non-hydrogen) atoms. The van der Waals surface area contributed by atoms with Gasteiger partial charge in [-0.1, -0.05) is 121 Å². The first kappa shape index (κ1) is 41.6. The minimum Gasteiger partial charge on any atom is -0.480 e. The van der Waals surface area contributed by atoms with Gasteiger partial charge in [-0.15, -0.1) is 0 Å². The molecule has 6 nitrogen and oxygen atoms in total. The number of aliphatic carboxylic acids is 1. The highest BCUT2D eigenvalue weighted by Gasteiger charge is 2.12. The van der Waals surface area contributed by atoms with E-state index >= 15 is 0 Å². The molecule has 0 aromatic rings. The summed E-state index contributed by atoms with van der Waals surface area (Å²) in [4.78, 5) is 34.8. The van der Waals surface area contributed by atoms with Gasteiger partial charge in [-0.25, -0.2) is 0 Å². The maximum atomic E-state index is 12.6. The van der Waals surface area contributed by atoms with Crippen LogP contribution in [0.4, 0.5) is 0 Å². The Kier molecular flexibility index (Phi) is 31.7. The maximum absolute atomic E-state index is 12.6. The van der Waals surface area contributed by atoms with Crippen molar-refractivity contribution >= 4 is 17.8 Å². The zero-order valence-corrected chi connectivity index (χ0v) is 28.5. The lowest BCUT2D eigenvalue weighted by molar-refractivity contribution is -0.147. The van der Waals surface area contributed by atoms with Crippen LogP contribution in [0.15, 0.2) is 36.5 Å². The van der Waals surface area contributed by atoms with E-state index in [1.54, 1.807) is 0 Å². The summed E-state index contributed by atoms with van der Waals surface area (Å²) in [5.74, 6) is -1.35. The fraction of sp³-hybridized carbons (Fsp3) is 0.763. The Morgan fingerprint density at radius 2 is 1.11 bits per heavy atom. The van der Waals surface area contributed by atoms with Gasteiger partial charge in [0.05, 0.1) is 0 Å². The Balaban J connectivity index is 4.13. The normalized spacial score (nSPS) is 12.4. The van der Waals surface area contributed by atoms with Crippen molar-refractivity contribution in [3.8, 4) is 0 Å². The molecule has 0 fully saturated rings. The minimum atomic E-state index is -1.03. The van der Waals surface area contributed by atoms with Crippen LogP contribution < -0.4 is 5.32 Å². The standard InChI is InChI=1S/C38H67NO5/c1-3-5-7-9-11-12-13-14-15-16-17-18-19-21-23-29-33-38(43)44-35(30-26-22-20-10-8-6-4-2)31-27-24-25-28-32-36(40)39-34-37(41)42/h12-13,15-16,26,30,35H,3-11,14,17-25,27-29,31-34H2,1-2H3,(H,39,40)(H,41,42)/b13-12-,16-15-,30-26-. The molecule has 0 aromatic heterocycles. The second-order valence-corrected chi connectivity index (χ2v) is 12.1. The summed E-state index contributed by atoms with van der Waals surface area (Å²) >= 11 is 0. The number of hydrogen-bond acceptors (Lipinski definition) is 4. The van der Waals surface area contributed by atoms with Crippen LogP contribution in [0, 0.1) is 0 Å². The molecule has 0 aromatic carbocycles. The smallest absolute Gasteiger partial charge is 0.322 e. The van der Waals surface area contributed by atoms with Crippen LogP contribution in [0.2, 0.25) is 0 Å². The van der Waals surface area contributed by atoms with Gasteiger partial charge in [-0.3, -0.25) is 14.4 Å². The number of nitrogens with one attached hydrogen (secondary N) is 1. The van der Waals surface area contributed by atoms with Crippen LogP contribution in [-0.4, -0.2) is 35.6 Å². The van der Waals surface area contributed by atoms with Crippen LogP contribution in [0.5, 0.6) is 0 Å². The van der Waals surface area contributed by atoms with Gasteiger partial charge in [-0.2, -0.15) is 0 Å². The van der Waals surface area contributed by atoms with Crippen molar-refractivity contribution in [2.45, 2.75) is 180 Å². The van der Waals surface area contributed by atoms with Gasteiger partial charge in [0.1, 0.15) is 12.6 Å². The number of ether oxygens (including phenoxy) is 1. The molecule has 0 aliphatic rings. The SMILES string of the molecule is CCCCCC/C=C\C/C=C\CCCCCCCC(=O)OC(/C=C\CCCCCCC)CCCCCCC(=O)NCC(=O)O. The summed E-state index contributed by atoms with van der Waals surface area (Å²) in [5, 5.41) is 11.0. The van der Waals surface area contributed by atoms with E-state index in [2.05, 4.69) is 55.6 Å². The number of rotatable bonds is 32. The maximum Gasteiger partial charge on any atom is 0.322 e. The molecular formula is C38H67NO5. The molecule has 1 atom stereocenters. The fourth-order valence-corrected chi connectivity index (χ4v) is 5.04. The van der Waals surface area contributed by atoms with E-state index < -0.39 is 5.97 Å². The summed E-state index contributed by atoms with van der Waals surface area (Å²) in [5.41, 5.74) is 0. The topological polar surface area (TPSA) is 92.7 Å². The minimum absolute atomic E-state index is 0.0981. The average Bonchev–Trinajstić information content (AvgIpc) is 3.00. The van der Waals surface area contributed by atoms with E-state index in [1.165, 1.54) is 77.0 Å². The van der Waals surface area contributed by atoms with Gasteiger partial charge in [0.15, 0.2) is 0 Å². The van der Waals surface area contributed by atoms with Gasteiger partial charge in [0.25, 0.3) is 0 Å². The number of esters is 1.